The zero-order chi connectivity index (χ0) is 15.7. The minimum absolute atomic E-state index is 0.0985. The van der Waals surface area contributed by atoms with Crippen LogP contribution in [0.4, 0.5) is 4.79 Å². The van der Waals surface area contributed by atoms with Crippen molar-refractivity contribution in [2.45, 2.75) is 39.7 Å². The molecule has 2 atom stereocenters. The highest BCUT2D eigenvalue weighted by Gasteiger charge is 2.26. The summed E-state index contributed by atoms with van der Waals surface area (Å²) in [6, 6.07) is -1.52. The first-order valence-electron chi connectivity index (χ1n) is 6.84. The van der Waals surface area contributed by atoms with Crippen molar-refractivity contribution in [2.75, 3.05) is 20.1 Å². The number of urea groups is 1. The SMILES string of the molecule is CCCNC(=O)CN(C)C(=O)NC(C(=O)O)C(C)CC. The number of hydrogen-bond donors (Lipinski definition) is 3. The fraction of sp³-hybridized carbons (Fsp3) is 0.769. The van der Waals surface area contributed by atoms with Crippen LogP contribution in [0.15, 0.2) is 0 Å². The molecule has 20 heavy (non-hydrogen) atoms. The van der Waals surface area contributed by atoms with E-state index in [2.05, 4.69) is 10.6 Å². The molecule has 3 amide bonds. The number of carboxylic acids is 1. The van der Waals surface area contributed by atoms with Crippen LogP contribution in [0.3, 0.4) is 0 Å². The molecule has 0 saturated heterocycles. The summed E-state index contributed by atoms with van der Waals surface area (Å²) in [6.07, 6.45) is 1.45. The molecule has 0 saturated carbocycles. The van der Waals surface area contributed by atoms with Gasteiger partial charge in [-0.2, -0.15) is 0 Å². The Morgan fingerprint density at radius 3 is 2.30 bits per heavy atom. The van der Waals surface area contributed by atoms with Gasteiger partial charge in [0.15, 0.2) is 0 Å². The lowest BCUT2D eigenvalue weighted by Crippen LogP contribution is -2.51. The second-order valence-electron chi connectivity index (χ2n) is 4.86. The van der Waals surface area contributed by atoms with Crippen molar-refractivity contribution in [1.82, 2.24) is 15.5 Å². The molecule has 0 aromatic heterocycles. The Hall–Kier alpha value is -1.79. The molecular weight excluding hydrogens is 262 g/mol. The molecule has 0 bridgehead atoms. The molecule has 0 radical (unpaired) electrons. The van der Waals surface area contributed by atoms with Gasteiger partial charge >= 0.3 is 12.0 Å². The first kappa shape index (κ1) is 18.2. The standard InChI is InChI=1S/C13H25N3O4/c1-5-7-14-10(17)8-16(4)13(20)15-11(12(18)19)9(3)6-2/h9,11H,5-8H2,1-4H3,(H,14,17)(H,15,20)(H,18,19). The van der Waals surface area contributed by atoms with Crippen molar-refractivity contribution in [3.63, 3.8) is 0 Å². The molecule has 0 heterocycles. The van der Waals surface area contributed by atoms with Crippen molar-refractivity contribution in [3.05, 3.63) is 0 Å². The van der Waals surface area contributed by atoms with Gasteiger partial charge in [-0.05, 0) is 12.3 Å². The smallest absolute Gasteiger partial charge is 0.326 e. The number of likely N-dealkylation sites (N-methyl/N-ethyl adjacent to an activating group) is 1. The third-order valence-corrected chi connectivity index (χ3v) is 3.06. The highest BCUT2D eigenvalue weighted by Crippen LogP contribution is 2.08. The summed E-state index contributed by atoms with van der Waals surface area (Å²) in [5.74, 6) is -1.52. The van der Waals surface area contributed by atoms with Crippen LogP contribution in [0.2, 0.25) is 0 Å². The Morgan fingerprint density at radius 2 is 1.85 bits per heavy atom. The molecule has 7 heteroatoms. The van der Waals surface area contributed by atoms with E-state index in [0.717, 1.165) is 6.42 Å². The number of aliphatic carboxylic acids is 1. The van der Waals surface area contributed by atoms with Crippen molar-refractivity contribution in [1.29, 1.82) is 0 Å². The summed E-state index contributed by atoms with van der Waals surface area (Å²) in [6.45, 7) is 6.00. The van der Waals surface area contributed by atoms with Gasteiger partial charge < -0.3 is 20.6 Å². The zero-order valence-electron chi connectivity index (χ0n) is 12.6. The van der Waals surface area contributed by atoms with E-state index in [9.17, 15) is 14.4 Å². The van der Waals surface area contributed by atoms with Crippen molar-refractivity contribution >= 4 is 17.9 Å². The fourth-order valence-corrected chi connectivity index (χ4v) is 1.53. The lowest BCUT2D eigenvalue weighted by Gasteiger charge is -2.24. The Bertz CT molecular complexity index is 347. The number of rotatable bonds is 8. The van der Waals surface area contributed by atoms with Gasteiger partial charge in [-0.3, -0.25) is 4.79 Å². The molecular formula is C13H25N3O4. The van der Waals surface area contributed by atoms with Gasteiger partial charge in [0, 0.05) is 13.6 Å². The summed E-state index contributed by atoms with van der Waals surface area (Å²) in [7, 11) is 1.45. The predicted molar refractivity (Wildman–Crippen MR) is 75.3 cm³/mol. The van der Waals surface area contributed by atoms with Crippen LogP contribution in [0.5, 0.6) is 0 Å². The molecule has 3 N–H and O–H groups in total. The number of nitrogens with one attached hydrogen (secondary N) is 2. The van der Waals surface area contributed by atoms with Crippen molar-refractivity contribution < 1.29 is 19.5 Å². The molecule has 0 aliphatic heterocycles. The Labute approximate surface area is 119 Å². The first-order chi connectivity index (χ1) is 9.33. The number of carboxylic acid groups (broad SMARTS) is 1. The monoisotopic (exact) mass is 287 g/mol. The average molecular weight is 287 g/mol. The topological polar surface area (TPSA) is 98.7 Å². The van der Waals surface area contributed by atoms with Crippen LogP contribution in [0.25, 0.3) is 0 Å². The summed E-state index contributed by atoms with van der Waals surface area (Å²) in [4.78, 5) is 35.6. The van der Waals surface area contributed by atoms with Crippen molar-refractivity contribution in [2.24, 2.45) is 5.92 Å². The molecule has 0 aromatic carbocycles. The van der Waals surface area contributed by atoms with Gasteiger partial charge in [0.05, 0.1) is 0 Å². The van der Waals surface area contributed by atoms with Crippen LogP contribution >= 0.6 is 0 Å². The van der Waals surface area contributed by atoms with E-state index in [0.29, 0.717) is 13.0 Å². The summed E-state index contributed by atoms with van der Waals surface area (Å²) >= 11 is 0. The molecule has 0 fully saturated rings. The van der Waals surface area contributed by atoms with E-state index in [1.807, 2.05) is 13.8 Å². The second kappa shape index (κ2) is 9.17. The fourth-order valence-electron chi connectivity index (χ4n) is 1.53. The second-order valence-corrected chi connectivity index (χ2v) is 4.86. The summed E-state index contributed by atoms with van der Waals surface area (Å²) < 4.78 is 0. The highest BCUT2D eigenvalue weighted by molar-refractivity contribution is 5.86. The number of amides is 3. The molecule has 0 aliphatic carbocycles. The molecule has 2 unspecified atom stereocenters. The molecule has 116 valence electrons. The quantitative estimate of drug-likeness (QED) is 0.610. The molecule has 0 aliphatic rings. The van der Waals surface area contributed by atoms with Crippen LogP contribution in [0, 0.1) is 5.92 Å². The van der Waals surface area contributed by atoms with Crippen LogP contribution < -0.4 is 10.6 Å². The number of carbonyl (C=O) groups excluding carboxylic acids is 2. The molecule has 0 aromatic rings. The summed E-state index contributed by atoms with van der Waals surface area (Å²) in [5.41, 5.74) is 0. The van der Waals surface area contributed by atoms with E-state index in [1.165, 1.54) is 11.9 Å². The van der Waals surface area contributed by atoms with Gasteiger partial charge in [-0.15, -0.1) is 0 Å². The maximum absolute atomic E-state index is 11.9. The number of carbonyl (C=O) groups is 3. The van der Waals surface area contributed by atoms with Gasteiger partial charge in [0.1, 0.15) is 12.6 Å². The predicted octanol–water partition coefficient (Wildman–Crippen LogP) is 0.653. The third kappa shape index (κ3) is 6.40. The average Bonchev–Trinajstić information content (AvgIpc) is 2.40. The zero-order valence-corrected chi connectivity index (χ0v) is 12.6. The third-order valence-electron chi connectivity index (χ3n) is 3.06. The van der Waals surface area contributed by atoms with Crippen LogP contribution in [0.1, 0.15) is 33.6 Å². The maximum atomic E-state index is 11.9. The van der Waals surface area contributed by atoms with Crippen molar-refractivity contribution in [3.8, 4) is 0 Å². The maximum Gasteiger partial charge on any atom is 0.326 e. The number of nitrogens with zero attached hydrogens (tertiary/aromatic N) is 1. The van der Waals surface area contributed by atoms with Gasteiger partial charge in [0.25, 0.3) is 0 Å². The Balaban J connectivity index is 4.42. The Kier molecular flexibility index (Phi) is 8.35. The molecule has 7 nitrogen and oxygen atoms in total. The largest absolute Gasteiger partial charge is 0.480 e. The lowest BCUT2D eigenvalue weighted by atomic mass is 9.99. The van der Waals surface area contributed by atoms with Gasteiger partial charge in [-0.1, -0.05) is 27.2 Å². The van der Waals surface area contributed by atoms with Crippen LogP contribution in [-0.4, -0.2) is 54.1 Å². The Morgan fingerprint density at radius 1 is 1.25 bits per heavy atom. The van der Waals surface area contributed by atoms with Gasteiger partial charge in [-0.25, -0.2) is 9.59 Å². The lowest BCUT2D eigenvalue weighted by molar-refractivity contribution is -0.140. The number of hydrogen-bond acceptors (Lipinski definition) is 3. The van der Waals surface area contributed by atoms with Gasteiger partial charge in [0.2, 0.25) is 5.91 Å². The van der Waals surface area contributed by atoms with E-state index in [-0.39, 0.29) is 18.4 Å². The van der Waals surface area contributed by atoms with E-state index in [4.69, 9.17) is 5.11 Å². The van der Waals surface area contributed by atoms with E-state index >= 15 is 0 Å². The van der Waals surface area contributed by atoms with Crippen LogP contribution in [-0.2, 0) is 9.59 Å². The molecule has 0 rings (SSSR count). The summed E-state index contributed by atoms with van der Waals surface area (Å²) in [5, 5.41) is 14.2. The minimum atomic E-state index is -1.07. The highest BCUT2D eigenvalue weighted by atomic mass is 16.4. The van der Waals surface area contributed by atoms with E-state index in [1.54, 1.807) is 6.92 Å². The van der Waals surface area contributed by atoms with E-state index < -0.39 is 18.0 Å². The minimum Gasteiger partial charge on any atom is -0.480 e. The molecule has 0 spiro atoms. The first-order valence-corrected chi connectivity index (χ1v) is 6.84. The normalized spacial score (nSPS) is 13.2.